The number of rotatable bonds is 3. The van der Waals surface area contributed by atoms with Gasteiger partial charge in [0.25, 0.3) is 0 Å². The molecule has 0 aliphatic rings. The summed E-state index contributed by atoms with van der Waals surface area (Å²) in [6, 6.07) is 9.67. The van der Waals surface area contributed by atoms with Crippen LogP contribution in [0.25, 0.3) is 6.08 Å². The summed E-state index contributed by atoms with van der Waals surface area (Å²) in [6.07, 6.45) is 4.56. The Balaban J connectivity index is 2.70. The highest BCUT2D eigenvalue weighted by Crippen LogP contribution is 2.00. The zero-order valence-corrected chi connectivity index (χ0v) is 6.73. The lowest BCUT2D eigenvalue weighted by molar-refractivity contribution is -0.110. The number of allylic oxidation sites excluding steroid dienone is 2. The lowest BCUT2D eigenvalue weighted by atomic mass is 10.2. The number of hydrogen-bond acceptors (Lipinski definition) is 1. The monoisotopic (exact) mass is 158 g/mol. The number of hydrogen-bond donors (Lipinski definition) is 0. The molecule has 1 aromatic carbocycles. The van der Waals surface area contributed by atoms with Gasteiger partial charge in [-0.25, -0.2) is 0 Å². The molecule has 0 spiro atoms. The fourth-order valence-electron chi connectivity index (χ4n) is 0.811. The number of benzene rings is 1. The van der Waals surface area contributed by atoms with Crippen LogP contribution in [0, 0.1) is 0 Å². The van der Waals surface area contributed by atoms with E-state index in [-0.39, 0.29) is 5.78 Å². The molecule has 0 unspecified atom stereocenters. The minimum atomic E-state index is -0.0705. The zero-order valence-electron chi connectivity index (χ0n) is 6.73. The largest absolute Gasteiger partial charge is 0.290 e. The van der Waals surface area contributed by atoms with Gasteiger partial charge >= 0.3 is 0 Å². The van der Waals surface area contributed by atoms with Crippen LogP contribution in [-0.2, 0) is 4.79 Å². The summed E-state index contributed by atoms with van der Waals surface area (Å²) in [5.74, 6) is -0.0705. The van der Waals surface area contributed by atoms with Crippen molar-refractivity contribution in [2.24, 2.45) is 0 Å². The number of ketones is 1. The molecule has 0 heterocycles. The molecule has 1 aromatic rings. The van der Waals surface area contributed by atoms with E-state index < -0.39 is 0 Å². The zero-order chi connectivity index (χ0) is 8.81. The Hall–Kier alpha value is -1.63. The second-order valence-corrected chi connectivity index (χ2v) is 2.35. The van der Waals surface area contributed by atoms with E-state index in [1.807, 2.05) is 30.3 Å². The first kappa shape index (κ1) is 8.47. The maximum absolute atomic E-state index is 10.8. The van der Waals surface area contributed by atoms with Crippen molar-refractivity contribution in [2.75, 3.05) is 0 Å². The van der Waals surface area contributed by atoms with E-state index in [2.05, 4.69) is 6.58 Å². The molecule has 0 bridgehead atoms. The van der Waals surface area contributed by atoms with Crippen LogP contribution in [0.15, 0.2) is 49.1 Å². The summed E-state index contributed by atoms with van der Waals surface area (Å²) < 4.78 is 0. The van der Waals surface area contributed by atoms with E-state index in [4.69, 9.17) is 0 Å². The molecular formula is C11H10O. The fourth-order valence-corrected chi connectivity index (χ4v) is 0.811. The average Bonchev–Trinajstić information content (AvgIpc) is 2.16. The van der Waals surface area contributed by atoms with E-state index in [1.165, 1.54) is 12.2 Å². The Morgan fingerprint density at radius 1 is 1.25 bits per heavy atom. The van der Waals surface area contributed by atoms with Crippen LogP contribution in [0.1, 0.15) is 5.56 Å². The van der Waals surface area contributed by atoms with Crippen molar-refractivity contribution in [3.63, 3.8) is 0 Å². The van der Waals surface area contributed by atoms with E-state index in [0.717, 1.165) is 5.56 Å². The van der Waals surface area contributed by atoms with Crippen LogP contribution >= 0.6 is 0 Å². The van der Waals surface area contributed by atoms with Crippen molar-refractivity contribution in [2.45, 2.75) is 0 Å². The smallest absolute Gasteiger partial charge is 0.178 e. The predicted octanol–water partition coefficient (Wildman–Crippen LogP) is 2.45. The molecule has 0 saturated heterocycles. The third kappa shape index (κ3) is 2.54. The highest BCUT2D eigenvalue weighted by molar-refractivity contribution is 6.01. The maximum Gasteiger partial charge on any atom is 0.178 e. The lowest BCUT2D eigenvalue weighted by Gasteiger charge is -1.88. The Bertz CT molecular complexity index is 296. The Kier molecular flexibility index (Phi) is 3.03. The molecule has 1 heteroatoms. The first-order valence-corrected chi connectivity index (χ1v) is 3.72. The summed E-state index contributed by atoms with van der Waals surface area (Å²) in [4.78, 5) is 10.8. The quantitative estimate of drug-likeness (QED) is 0.617. The SMILES string of the molecule is C=CC(=O)/C=C/c1ccccc1. The predicted molar refractivity (Wildman–Crippen MR) is 50.7 cm³/mol. The van der Waals surface area contributed by atoms with Crippen LogP contribution in [0.2, 0.25) is 0 Å². The second kappa shape index (κ2) is 4.29. The topological polar surface area (TPSA) is 17.1 Å². The van der Waals surface area contributed by atoms with E-state index in [9.17, 15) is 4.79 Å². The Morgan fingerprint density at radius 3 is 2.50 bits per heavy atom. The number of carbonyl (C=O) groups excluding carboxylic acids is 1. The van der Waals surface area contributed by atoms with Crippen LogP contribution in [-0.4, -0.2) is 5.78 Å². The third-order valence-corrected chi connectivity index (χ3v) is 1.44. The van der Waals surface area contributed by atoms with Gasteiger partial charge in [-0.3, -0.25) is 4.79 Å². The molecule has 0 atom stereocenters. The summed E-state index contributed by atoms with van der Waals surface area (Å²) in [5, 5.41) is 0. The minimum Gasteiger partial charge on any atom is -0.290 e. The molecule has 0 radical (unpaired) electrons. The van der Waals surface area contributed by atoms with Crippen molar-refractivity contribution in [1.82, 2.24) is 0 Å². The highest BCUT2D eigenvalue weighted by atomic mass is 16.1. The average molecular weight is 158 g/mol. The second-order valence-electron chi connectivity index (χ2n) is 2.35. The van der Waals surface area contributed by atoms with Gasteiger partial charge in [0.1, 0.15) is 0 Å². The molecule has 0 N–H and O–H groups in total. The van der Waals surface area contributed by atoms with Gasteiger partial charge in [-0.05, 0) is 17.7 Å². The number of carbonyl (C=O) groups is 1. The van der Waals surface area contributed by atoms with Crippen molar-refractivity contribution in [3.05, 3.63) is 54.6 Å². The van der Waals surface area contributed by atoms with Crippen LogP contribution in [0.4, 0.5) is 0 Å². The Morgan fingerprint density at radius 2 is 1.92 bits per heavy atom. The molecule has 0 aromatic heterocycles. The summed E-state index contributed by atoms with van der Waals surface area (Å²) >= 11 is 0. The summed E-state index contributed by atoms with van der Waals surface area (Å²) in [6.45, 7) is 3.37. The maximum atomic E-state index is 10.8. The first-order chi connectivity index (χ1) is 5.83. The van der Waals surface area contributed by atoms with Gasteiger partial charge in [0.2, 0.25) is 0 Å². The molecule has 0 fully saturated rings. The summed E-state index contributed by atoms with van der Waals surface area (Å²) in [7, 11) is 0. The van der Waals surface area contributed by atoms with Crippen molar-refractivity contribution >= 4 is 11.9 Å². The molecule has 60 valence electrons. The minimum absolute atomic E-state index is 0.0705. The molecule has 0 amide bonds. The highest BCUT2D eigenvalue weighted by Gasteiger charge is 1.86. The van der Waals surface area contributed by atoms with Gasteiger partial charge in [-0.1, -0.05) is 43.0 Å². The molecule has 12 heavy (non-hydrogen) atoms. The molecule has 1 nitrogen and oxygen atoms in total. The molecular weight excluding hydrogens is 148 g/mol. The first-order valence-electron chi connectivity index (χ1n) is 3.72. The van der Waals surface area contributed by atoms with Crippen LogP contribution in [0.3, 0.4) is 0 Å². The lowest BCUT2D eigenvalue weighted by Crippen LogP contribution is -1.82. The fraction of sp³-hybridized carbons (Fsp3) is 0. The van der Waals surface area contributed by atoms with Crippen molar-refractivity contribution in [3.8, 4) is 0 Å². The van der Waals surface area contributed by atoms with Gasteiger partial charge in [-0.15, -0.1) is 0 Å². The van der Waals surface area contributed by atoms with Crippen molar-refractivity contribution in [1.29, 1.82) is 0 Å². The molecule has 0 aliphatic heterocycles. The van der Waals surface area contributed by atoms with Gasteiger partial charge in [0.05, 0.1) is 0 Å². The third-order valence-electron chi connectivity index (χ3n) is 1.44. The van der Waals surface area contributed by atoms with E-state index in [1.54, 1.807) is 6.08 Å². The normalized spacial score (nSPS) is 10.0. The van der Waals surface area contributed by atoms with E-state index >= 15 is 0 Å². The van der Waals surface area contributed by atoms with E-state index in [0.29, 0.717) is 0 Å². The van der Waals surface area contributed by atoms with Gasteiger partial charge in [0, 0.05) is 0 Å². The Labute approximate surface area is 72.0 Å². The summed E-state index contributed by atoms with van der Waals surface area (Å²) in [5.41, 5.74) is 1.02. The van der Waals surface area contributed by atoms with Gasteiger partial charge in [-0.2, -0.15) is 0 Å². The van der Waals surface area contributed by atoms with Crippen molar-refractivity contribution < 1.29 is 4.79 Å². The van der Waals surface area contributed by atoms with Crippen LogP contribution < -0.4 is 0 Å². The van der Waals surface area contributed by atoms with Gasteiger partial charge < -0.3 is 0 Å². The van der Waals surface area contributed by atoms with Gasteiger partial charge in [0.15, 0.2) is 5.78 Å². The molecule has 1 rings (SSSR count). The molecule has 0 saturated carbocycles. The standard InChI is InChI=1S/C11H10O/c1-2-11(12)9-8-10-6-4-3-5-7-10/h2-9H,1H2/b9-8+. The molecule has 0 aliphatic carbocycles. The van der Waals surface area contributed by atoms with Crippen LogP contribution in [0.5, 0.6) is 0 Å².